The van der Waals surface area contributed by atoms with Crippen LogP contribution in [-0.4, -0.2) is 19.6 Å². The van der Waals surface area contributed by atoms with E-state index in [1.807, 2.05) is 27.7 Å². The van der Waals surface area contributed by atoms with Crippen molar-refractivity contribution in [3.05, 3.63) is 23.8 Å². The summed E-state index contributed by atoms with van der Waals surface area (Å²) in [6, 6.07) is 4.99. The minimum absolute atomic E-state index is 0.0369. The van der Waals surface area contributed by atoms with Gasteiger partial charge in [-0.15, -0.1) is 0 Å². The van der Waals surface area contributed by atoms with E-state index in [-0.39, 0.29) is 27.7 Å². The molecule has 0 heterocycles. The first kappa shape index (κ1) is 16.7. The molecule has 1 aromatic carbocycles. The summed E-state index contributed by atoms with van der Waals surface area (Å²) in [4.78, 5) is 0.0369. The second kappa shape index (κ2) is 6.41. The third-order valence-corrected chi connectivity index (χ3v) is 4.41. The number of hydrogen-bond donors (Lipinski definition) is 3. The van der Waals surface area contributed by atoms with Crippen LogP contribution in [0.5, 0.6) is 0 Å². The zero-order chi connectivity index (χ0) is 15.5. The van der Waals surface area contributed by atoms with E-state index in [2.05, 4.69) is 10.0 Å². The number of thiocarbonyl (C=S) groups is 1. The molecule has 1 rings (SSSR count). The van der Waals surface area contributed by atoms with Gasteiger partial charge in [0.2, 0.25) is 0 Å². The van der Waals surface area contributed by atoms with Crippen molar-refractivity contribution in [1.82, 2.24) is 10.0 Å². The third kappa shape index (κ3) is 4.35. The normalized spacial score (nSPS) is 11.7. The molecule has 0 spiro atoms. The molecule has 0 radical (unpaired) electrons. The van der Waals surface area contributed by atoms with Gasteiger partial charge in [-0.05, 0) is 49.7 Å². The van der Waals surface area contributed by atoms with Gasteiger partial charge in [-0.1, -0.05) is 19.9 Å². The second-order valence-corrected chi connectivity index (χ2v) is 7.24. The Bertz CT molecular complexity index is 596. The van der Waals surface area contributed by atoms with Crippen LogP contribution in [0, 0.1) is 0 Å². The highest BCUT2D eigenvalue weighted by Crippen LogP contribution is 2.23. The quantitative estimate of drug-likeness (QED) is 0.584. The van der Waals surface area contributed by atoms with Crippen LogP contribution in [0.4, 0.5) is 5.69 Å². The van der Waals surface area contributed by atoms with Crippen molar-refractivity contribution in [2.45, 2.75) is 44.6 Å². The van der Waals surface area contributed by atoms with Crippen molar-refractivity contribution >= 4 is 33.0 Å². The standard InChI is InChI=1S/C13H21N3O2S2/c1-8(2)10-5-6-12(11(14)7-10)20(17,18)16-13(19)15-9(3)4/h5-9H,14H2,1-4H3,(H2,15,16,19). The van der Waals surface area contributed by atoms with Gasteiger partial charge in [-0.25, -0.2) is 8.42 Å². The number of nitrogens with two attached hydrogens (primary N) is 1. The molecule has 0 aromatic heterocycles. The Labute approximate surface area is 126 Å². The first-order chi connectivity index (χ1) is 9.13. The summed E-state index contributed by atoms with van der Waals surface area (Å²) in [5.74, 6) is 0.283. The molecule has 0 unspecified atom stereocenters. The highest BCUT2D eigenvalue weighted by molar-refractivity contribution is 7.92. The van der Waals surface area contributed by atoms with Gasteiger partial charge in [0.25, 0.3) is 10.0 Å². The van der Waals surface area contributed by atoms with E-state index in [4.69, 9.17) is 18.0 Å². The average molecular weight is 315 g/mol. The summed E-state index contributed by atoms with van der Waals surface area (Å²) < 4.78 is 26.7. The van der Waals surface area contributed by atoms with Crippen molar-refractivity contribution in [3.8, 4) is 0 Å². The Hall–Kier alpha value is -1.34. The summed E-state index contributed by atoms with van der Waals surface area (Å²) in [6.45, 7) is 7.77. The first-order valence-corrected chi connectivity index (χ1v) is 8.25. The summed E-state index contributed by atoms with van der Waals surface area (Å²) in [7, 11) is -3.76. The fourth-order valence-electron chi connectivity index (χ4n) is 1.64. The first-order valence-electron chi connectivity index (χ1n) is 6.36. The van der Waals surface area contributed by atoms with E-state index in [1.165, 1.54) is 6.07 Å². The Kier molecular flexibility index (Phi) is 5.35. The molecule has 4 N–H and O–H groups in total. The summed E-state index contributed by atoms with van der Waals surface area (Å²) in [6.07, 6.45) is 0. The predicted octanol–water partition coefficient (Wildman–Crippen LogP) is 1.95. The van der Waals surface area contributed by atoms with Crippen molar-refractivity contribution in [2.24, 2.45) is 0 Å². The molecule has 0 aliphatic rings. The summed E-state index contributed by atoms with van der Waals surface area (Å²) >= 11 is 4.95. The van der Waals surface area contributed by atoms with Crippen LogP contribution < -0.4 is 15.8 Å². The lowest BCUT2D eigenvalue weighted by atomic mass is 10.0. The third-order valence-electron chi connectivity index (χ3n) is 2.64. The van der Waals surface area contributed by atoms with Gasteiger partial charge in [-0.2, -0.15) is 0 Å². The highest BCUT2D eigenvalue weighted by atomic mass is 32.2. The zero-order valence-corrected chi connectivity index (χ0v) is 13.7. The minimum atomic E-state index is -3.76. The van der Waals surface area contributed by atoms with Gasteiger partial charge >= 0.3 is 0 Å². The molecule has 0 amide bonds. The zero-order valence-electron chi connectivity index (χ0n) is 12.1. The van der Waals surface area contributed by atoms with E-state index >= 15 is 0 Å². The number of hydrogen-bond acceptors (Lipinski definition) is 4. The molecule has 0 aliphatic heterocycles. The van der Waals surface area contributed by atoms with E-state index in [0.717, 1.165) is 5.56 Å². The molecule has 0 bridgehead atoms. The minimum Gasteiger partial charge on any atom is -0.398 e. The van der Waals surface area contributed by atoms with Gasteiger partial charge in [-0.3, -0.25) is 4.72 Å². The number of rotatable bonds is 4. The molecule has 112 valence electrons. The Morgan fingerprint density at radius 3 is 2.30 bits per heavy atom. The molecule has 0 aliphatic carbocycles. The van der Waals surface area contributed by atoms with E-state index in [1.54, 1.807) is 12.1 Å². The largest absolute Gasteiger partial charge is 0.398 e. The molecule has 0 saturated heterocycles. The molecule has 0 fully saturated rings. The topological polar surface area (TPSA) is 84.2 Å². The van der Waals surface area contributed by atoms with Gasteiger partial charge in [0.05, 0.1) is 5.69 Å². The van der Waals surface area contributed by atoms with E-state index < -0.39 is 10.0 Å². The van der Waals surface area contributed by atoms with E-state index in [0.29, 0.717) is 0 Å². The van der Waals surface area contributed by atoms with Crippen LogP contribution in [0.1, 0.15) is 39.2 Å². The van der Waals surface area contributed by atoms with Crippen molar-refractivity contribution < 1.29 is 8.42 Å². The van der Waals surface area contributed by atoms with Gasteiger partial charge in [0.15, 0.2) is 5.11 Å². The number of benzene rings is 1. The fraction of sp³-hybridized carbons (Fsp3) is 0.462. The molecule has 20 heavy (non-hydrogen) atoms. The van der Waals surface area contributed by atoms with Crippen LogP contribution >= 0.6 is 12.2 Å². The van der Waals surface area contributed by atoms with Crippen LogP contribution in [0.3, 0.4) is 0 Å². The molecular weight excluding hydrogens is 294 g/mol. The SMILES string of the molecule is CC(C)NC(=S)NS(=O)(=O)c1ccc(C(C)C)cc1N. The average Bonchev–Trinajstić information content (AvgIpc) is 2.25. The maximum atomic E-state index is 12.2. The van der Waals surface area contributed by atoms with Crippen LogP contribution in [0.25, 0.3) is 0 Å². The van der Waals surface area contributed by atoms with Crippen LogP contribution in [0.15, 0.2) is 23.1 Å². The van der Waals surface area contributed by atoms with Gasteiger partial charge < -0.3 is 11.1 Å². The van der Waals surface area contributed by atoms with E-state index in [9.17, 15) is 8.42 Å². The Morgan fingerprint density at radius 1 is 1.25 bits per heavy atom. The van der Waals surface area contributed by atoms with Gasteiger partial charge in [0, 0.05) is 6.04 Å². The second-order valence-electron chi connectivity index (χ2n) is 5.19. The summed E-state index contributed by atoms with van der Waals surface area (Å²) in [5.41, 5.74) is 7.05. The molecule has 5 nitrogen and oxygen atoms in total. The fourth-order valence-corrected chi connectivity index (χ4v) is 3.23. The molecule has 0 saturated carbocycles. The molecule has 0 atom stereocenters. The maximum Gasteiger partial charge on any atom is 0.265 e. The van der Waals surface area contributed by atoms with Crippen molar-refractivity contribution in [2.75, 3.05) is 5.73 Å². The highest BCUT2D eigenvalue weighted by Gasteiger charge is 2.19. The number of sulfonamides is 1. The summed E-state index contributed by atoms with van der Waals surface area (Å²) in [5, 5.41) is 2.88. The number of nitrogen functional groups attached to an aromatic ring is 1. The molecule has 1 aromatic rings. The lowest BCUT2D eigenvalue weighted by Gasteiger charge is -2.15. The number of anilines is 1. The molecule has 7 heteroatoms. The van der Waals surface area contributed by atoms with Crippen molar-refractivity contribution in [1.29, 1.82) is 0 Å². The van der Waals surface area contributed by atoms with Gasteiger partial charge in [0.1, 0.15) is 4.90 Å². The smallest absolute Gasteiger partial charge is 0.265 e. The Balaban J connectivity index is 3.01. The number of nitrogens with one attached hydrogen (secondary N) is 2. The molecular formula is C13H21N3O2S2. The Morgan fingerprint density at radius 2 is 1.85 bits per heavy atom. The lowest BCUT2D eigenvalue weighted by Crippen LogP contribution is -2.42. The lowest BCUT2D eigenvalue weighted by molar-refractivity contribution is 0.591. The van der Waals surface area contributed by atoms with Crippen LogP contribution in [0.2, 0.25) is 0 Å². The van der Waals surface area contributed by atoms with Crippen molar-refractivity contribution in [3.63, 3.8) is 0 Å². The predicted molar refractivity (Wildman–Crippen MR) is 86.1 cm³/mol. The monoisotopic (exact) mass is 315 g/mol. The van der Waals surface area contributed by atoms with Crippen LogP contribution in [-0.2, 0) is 10.0 Å². The maximum absolute atomic E-state index is 12.2.